The normalized spacial score (nSPS) is 14.8. The molecule has 176 valence electrons. The van der Waals surface area contributed by atoms with Gasteiger partial charge in [-0.3, -0.25) is 19.7 Å². The van der Waals surface area contributed by atoms with Crippen molar-refractivity contribution in [1.82, 2.24) is 4.90 Å². The van der Waals surface area contributed by atoms with Gasteiger partial charge in [-0.05, 0) is 37.3 Å². The molecule has 12 heteroatoms. The standard InChI is InChI=1S/C21H20ClF3N4O4/c1-13-10-14(2-5-18(13)29(32)33)20(31)28-8-6-27(7-9-28)12-19(30)26-15-3-4-17(22)16(11-15)21(23,24)25/h2-5,10-11H,6-9,12H2,1H3,(H,26,30)/p+1. The Balaban J connectivity index is 1.54. The molecule has 2 N–H and O–H groups in total. The number of halogens is 4. The highest BCUT2D eigenvalue weighted by molar-refractivity contribution is 6.31. The van der Waals surface area contributed by atoms with E-state index in [4.69, 9.17) is 11.6 Å². The van der Waals surface area contributed by atoms with E-state index < -0.39 is 27.6 Å². The van der Waals surface area contributed by atoms with Crippen LogP contribution in [0.4, 0.5) is 24.5 Å². The van der Waals surface area contributed by atoms with Crippen LogP contribution in [0.5, 0.6) is 0 Å². The van der Waals surface area contributed by atoms with Gasteiger partial charge in [0.2, 0.25) is 0 Å². The van der Waals surface area contributed by atoms with Gasteiger partial charge < -0.3 is 15.1 Å². The second-order valence-electron chi connectivity index (χ2n) is 7.72. The molecule has 33 heavy (non-hydrogen) atoms. The molecule has 2 aromatic rings. The van der Waals surface area contributed by atoms with E-state index in [-0.39, 0.29) is 23.8 Å². The van der Waals surface area contributed by atoms with E-state index in [1.165, 1.54) is 24.3 Å². The van der Waals surface area contributed by atoms with Crippen LogP contribution in [0, 0.1) is 17.0 Å². The number of hydrogen-bond acceptors (Lipinski definition) is 4. The fourth-order valence-electron chi connectivity index (χ4n) is 3.63. The van der Waals surface area contributed by atoms with Gasteiger partial charge in [0.1, 0.15) is 0 Å². The van der Waals surface area contributed by atoms with Crippen molar-refractivity contribution >= 4 is 34.8 Å². The van der Waals surface area contributed by atoms with Gasteiger partial charge in [0.25, 0.3) is 17.5 Å². The molecule has 1 saturated heterocycles. The van der Waals surface area contributed by atoms with Crippen LogP contribution < -0.4 is 10.2 Å². The van der Waals surface area contributed by atoms with Crippen LogP contribution in [0.3, 0.4) is 0 Å². The van der Waals surface area contributed by atoms with Gasteiger partial charge in [-0.15, -0.1) is 0 Å². The lowest BCUT2D eigenvalue weighted by Crippen LogP contribution is -3.15. The van der Waals surface area contributed by atoms with Crippen molar-refractivity contribution in [3.8, 4) is 0 Å². The number of carbonyl (C=O) groups is 2. The lowest BCUT2D eigenvalue weighted by molar-refractivity contribution is -0.895. The largest absolute Gasteiger partial charge is 0.417 e. The monoisotopic (exact) mass is 485 g/mol. The molecule has 8 nitrogen and oxygen atoms in total. The summed E-state index contributed by atoms with van der Waals surface area (Å²) in [5, 5.41) is 12.9. The zero-order chi connectivity index (χ0) is 24.3. The summed E-state index contributed by atoms with van der Waals surface area (Å²) in [6, 6.07) is 7.37. The van der Waals surface area contributed by atoms with Gasteiger partial charge in [-0.2, -0.15) is 13.2 Å². The lowest BCUT2D eigenvalue weighted by Gasteiger charge is -2.32. The molecular formula is C21H21ClF3N4O4+. The number of nitrogens with zero attached hydrogens (tertiary/aromatic N) is 2. The third kappa shape index (κ3) is 5.99. The number of alkyl halides is 3. The minimum absolute atomic E-state index is 0.00141. The molecular weight excluding hydrogens is 465 g/mol. The van der Waals surface area contributed by atoms with E-state index >= 15 is 0 Å². The number of carbonyl (C=O) groups excluding carboxylic acids is 2. The third-order valence-corrected chi connectivity index (χ3v) is 5.69. The fourth-order valence-corrected chi connectivity index (χ4v) is 3.86. The summed E-state index contributed by atoms with van der Waals surface area (Å²) in [5.74, 6) is -0.705. The van der Waals surface area contributed by atoms with E-state index in [0.717, 1.165) is 17.0 Å². The van der Waals surface area contributed by atoms with Gasteiger partial charge >= 0.3 is 6.18 Å². The van der Waals surface area contributed by atoms with E-state index in [9.17, 15) is 32.9 Å². The second kappa shape index (κ2) is 9.75. The number of rotatable bonds is 5. The summed E-state index contributed by atoms with van der Waals surface area (Å²) in [7, 11) is 0. The summed E-state index contributed by atoms with van der Waals surface area (Å²) in [5.41, 5.74) is -0.346. The number of hydrogen-bond donors (Lipinski definition) is 2. The van der Waals surface area contributed by atoms with Crippen LogP contribution in [0.15, 0.2) is 36.4 Å². The topological polar surface area (TPSA) is 97.0 Å². The first-order valence-corrected chi connectivity index (χ1v) is 10.4. The predicted molar refractivity (Wildman–Crippen MR) is 114 cm³/mol. The maximum Gasteiger partial charge on any atom is 0.417 e. The SMILES string of the molecule is Cc1cc(C(=O)N2CC[NH+](CC(=O)Nc3ccc(Cl)c(C(F)(F)F)c3)CC2)ccc1[N+](=O)[O-]. The first kappa shape index (κ1) is 24.5. The Morgan fingerprint density at radius 2 is 1.85 bits per heavy atom. The van der Waals surface area contributed by atoms with Crippen molar-refractivity contribution in [3.63, 3.8) is 0 Å². The number of nitro groups is 1. The smallest absolute Gasteiger partial charge is 0.327 e. The number of nitrogens with one attached hydrogen (secondary N) is 2. The molecule has 0 aromatic heterocycles. The van der Waals surface area contributed by atoms with Crippen LogP contribution >= 0.6 is 11.6 Å². The van der Waals surface area contributed by atoms with E-state index in [2.05, 4.69) is 5.32 Å². The highest BCUT2D eigenvalue weighted by Crippen LogP contribution is 2.36. The molecule has 1 aliphatic rings. The fraction of sp³-hybridized carbons (Fsp3) is 0.333. The van der Waals surface area contributed by atoms with E-state index in [0.29, 0.717) is 37.3 Å². The number of nitro benzene ring substituents is 1. The van der Waals surface area contributed by atoms with Gasteiger partial charge in [0, 0.05) is 22.9 Å². The number of piperazine rings is 1. The maximum atomic E-state index is 13.0. The van der Waals surface area contributed by atoms with Crippen LogP contribution in [0.1, 0.15) is 21.5 Å². The van der Waals surface area contributed by atoms with Crippen molar-refractivity contribution in [3.05, 3.63) is 68.2 Å². The molecule has 0 unspecified atom stereocenters. The Labute approximate surface area is 192 Å². The van der Waals surface area contributed by atoms with Crippen LogP contribution in [-0.2, 0) is 11.0 Å². The summed E-state index contributed by atoms with van der Waals surface area (Å²) >= 11 is 5.59. The van der Waals surface area contributed by atoms with Gasteiger partial charge in [0.05, 0.1) is 41.7 Å². The average molecular weight is 486 g/mol. The number of aryl methyl sites for hydroxylation is 1. The van der Waals surface area contributed by atoms with Crippen molar-refractivity contribution in [2.45, 2.75) is 13.1 Å². The minimum atomic E-state index is -4.63. The molecule has 0 aliphatic carbocycles. The quantitative estimate of drug-likeness (QED) is 0.502. The van der Waals surface area contributed by atoms with Crippen molar-refractivity contribution in [2.75, 3.05) is 38.0 Å². The first-order valence-electron chi connectivity index (χ1n) is 10.00. The Kier molecular flexibility index (Phi) is 7.23. The molecule has 2 amide bonds. The molecule has 1 aliphatic heterocycles. The maximum absolute atomic E-state index is 13.0. The summed E-state index contributed by atoms with van der Waals surface area (Å²) < 4.78 is 38.9. The minimum Gasteiger partial charge on any atom is -0.327 e. The van der Waals surface area contributed by atoms with Gasteiger partial charge in [-0.25, -0.2) is 0 Å². The number of benzene rings is 2. The number of quaternary nitrogens is 1. The van der Waals surface area contributed by atoms with Crippen LogP contribution in [-0.4, -0.2) is 54.4 Å². The molecule has 0 saturated carbocycles. The second-order valence-corrected chi connectivity index (χ2v) is 8.13. The number of amides is 2. The highest BCUT2D eigenvalue weighted by Gasteiger charge is 2.33. The van der Waals surface area contributed by atoms with E-state index in [1.54, 1.807) is 11.8 Å². The molecule has 0 bridgehead atoms. The van der Waals surface area contributed by atoms with Crippen molar-refractivity contribution < 1.29 is 32.6 Å². The summed E-state index contributed by atoms with van der Waals surface area (Å²) in [4.78, 5) is 37.9. The summed E-state index contributed by atoms with van der Waals surface area (Å²) in [6.07, 6.45) is -4.63. The molecule has 0 atom stereocenters. The Morgan fingerprint density at radius 1 is 1.18 bits per heavy atom. The zero-order valence-corrected chi connectivity index (χ0v) is 18.3. The lowest BCUT2D eigenvalue weighted by atomic mass is 10.1. The summed E-state index contributed by atoms with van der Waals surface area (Å²) in [6.45, 7) is 3.28. The molecule has 1 fully saturated rings. The van der Waals surface area contributed by atoms with Crippen LogP contribution in [0.25, 0.3) is 0 Å². The molecule has 0 spiro atoms. The zero-order valence-electron chi connectivity index (χ0n) is 17.5. The van der Waals surface area contributed by atoms with E-state index in [1.807, 2.05) is 0 Å². The molecule has 1 heterocycles. The predicted octanol–water partition coefficient (Wildman–Crippen LogP) is 2.55. The van der Waals surface area contributed by atoms with Crippen molar-refractivity contribution in [1.29, 1.82) is 0 Å². The highest BCUT2D eigenvalue weighted by atomic mass is 35.5. The van der Waals surface area contributed by atoms with Gasteiger partial charge in [-0.1, -0.05) is 11.6 Å². The van der Waals surface area contributed by atoms with Crippen LogP contribution in [0.2, 0.25) is 5.02 Å². The Morgan fingerprint density at radius 3 is 2.42 bits per heavy atom. The molecule has 3 rings (SSSR count). The van der Waals surface area contributed by atoms with Gasteiger partial charge in [0.15, 0.2) is 6.54 Å². The Hall–Kier alpha value is -3.18. The Bertz CT molecular complexity index is 1090. The molecule has 2 aromatic carbocycles. The average Bonchev–Trinajstić information content (AvgIpc) is 2.74. The number of anilines is 1. The first-order chi connectivity index (χ1) is 15.5. The van der Waals surface area contributed by atoms with Crippen molar-refractivity contribution in [2.24, 2.45) is 0 Å². The molecule has 0 radical (unpaired) electrons. The third-order valence-electron chi connectivity index (χ3n) is 5.36.